The van der Waals surface area contributed by atoms with Gasteiger partial charge in [0.25, 0.3) is 0 Å². The lowest BCUT2D eigenvalue weighted by Gasteiger charge is -2.25. The van der Waals surface area contributed by atoms with Crippen molar-refractivity contribution in [2.45, 2.75) is 52.0 Å². The van der Waals surface area contributed by atoms with Gasteiger partial charge >= 0.3 is 5.97 Å². The van der Waals surface area contributed by atoms with Crippen LogP contribution in [0.3, 0.4) is 0 Å². The third kappa shape index (κ3) is 3.51. The van der Waals surface area contributed by atoms with E-state index in [0.717, 1.165) is 25.7 Å². The third-order valence-corrected chi connectivity index (χ3v) is 3.17. The van der Waals surface area contributed by atoms with Gasteiger partial charge in [0.1, 0.15) is 5.92 Å². The minimum absolute atomic E-state index is 0.166. The van der Waals surface area contributed by atoms with Crippen LogP contribution in [0.4, 0.5) is 0 Å². The van der Waals surface area contributed by atoms with Gasteiger partial charge in [-0.15, -0.1) is 0 Å². The lowest BCUT2D eigenvalue weighted by atomic mass is 9.92. The molecule has 0 saturated heterocycles. The second-order valence-corrected chi connectivity index (χ2v) is 4.90. The largest absolute Gasteiger partial charge is 0.481 e. The van der Waals surface area contributed by atoms with Gasteiger partial charge in [0.2, 0.25) is 5.91 Å². The first-order valence-electron chi connectivity index (χ1n) is 6.05. The van der Waals surface area contributed by atoms with Crippen molar-refractivity contribution in [2.24, 2.45) is 11.8 Å². The molecule has 4 nitrogen and oxygen atoms in total. The fourth-order valence-corrected chi connectivity index (χ4v) is 2.24. The predicted octanol–water partition coefficient (Wildman–Crippen LogP) is 1.79. The lowest BCUT2D eigenvalue weighted by molar-refractivity contribution is -0.149. The molecule has 1 aliphatic carbocycles. The Morgan fingerprint density at radius 1 is 1.19 bits per heavy atom. The summed E-state index contributed by atoms with van der Waals surface area (Å²) in [7, 11) is 0. The molecule has 1 fully saturated rings. The van der Waals surface area contributed by atoms with E-state index in [4.69, 9.17) is 5.11 Å². The Balaban J connectivity index is 2.51. The van der Waals surface area contributed by atoms with Crippen LogP contribution in [0.1, 0.15) is 46.0 Å². The van der Waals surface area contributed by atoms with Crippen LogP contribution in [0.25, 0.3) is 0 Å². The van der Waals surface area contributed by atoms with Gasteiger partial charge < -0.3 is 10.4 Å². The van der Waals surface area contributed by atoms with Crippen LogP contribution in [-0.4, -0.2) is 23.0 Å². The van der Waals surface area contributed by atoms with Crippen LogP contribution in [-0.2, 0) is 9.59 Å². The molecule has 1 rings (SSSR count). The molecule has 0 bridgehead atoms. The molecule has 0 spiro atoms. The average molecular weight is 227 g/mol. The van der Waals surface area contributed by atoms with E-state index in [1.165, 1.54) is 6.42 Å². The fraction of sp³-hybridized carbons (Fsp3) is 0.833. The zero-order chi connectivity index (χ0) is 12.1. The smallest absolute Gasteiger partial charge is 0.316 e. The molecular formula is C12H21NO3. The minimum atomic E-state index is -1.02. The quantitative estimate of drug-likeness (QED) is 0.719. The van der Waals surface area contributed by atoms with Gasteiger partial charge in [0.05, 0.1) is 0 Å². The summed E-state index contributed by atoms with van der Waals surface area (Å²) in [6, 6.07) is 0.182. The summed E-state index contributed by atoms with van der Waals surface area (Å²) in [6.45, 7) is 3.53. The van der Waals surface area contributed by atoms with Crippen molar-refractivity contribution in [3.63, 3.8) is 0 Å². The molecule has 0 aliphatic heterocycles. The van der Waals surface area contributed by atoms with Gasteiger partial charge in [0.15, 0.2) is 0 Å². The van der Waals surface area contributed by atoms with Crippen molar-refractivity contribution in [3.8, 4) is 0 Å². The maximum absolute atomic E-state index is 11.8. The van der Waals surface area contributed by atoms with Gasteiger partial charge in [-0.2, -0.15) is 0 Å². The topological polar surface area (TPSA) is 66.4 Å². The van der Waals surface area contributed by atoms with Gasteiger partial charge in [-0.3, -0.25) is 9.59 Å². The van der Waals surface area contributed by atoms with Crippen LogP contribution >= 0.6 is 0 Å². The minimum Gasteiger partial charge on any atom is -0.481 e. The molecule has 1 amide bonds. The number of carbonyl (C=O) groups excluding carboxylic acids is 1. The van der Waals surface area contributed by atoms with Gasteiger partial charge in [-0.25, -0.2) is 0 Å². The maximum Gasteiger partial charge on any atom is 0.316 e. The molecule has 0 aromatic carbocycles. The number of carboxylic acids is 1. The van der Waals surface area contributed by atoms with E-state index in [0.29, 0.717) is 0 Å². The van der Waals surface area contributed by atoms with E-state index >= 15 is 0 Å². The van der Waals surface area contributed by atoms with Gasteiger partial charge in [0, 0.05) is 6.04 Å². The normalized spacial score (nSPS) is 19.4. The number of hydrogen-bond donors (Lipinski definition) is 2. The Kier molecular flexibility index (Phi) is 4.77. The van der Waals surface area contributed by atoms with E-state index in [9.17, 15) is 9.59 Å². The molecule has 1 unspecified atom stereocenters. The second-order valence-electron chi connectivity index (χ2n) is 4.90. The highest BCUT2D eigenvalue weighted by Crippen LogP contribution is 2.19. The number of carbonyl (C=O) groups is 2. The Bertz CT molecular complexity index is 257. The predicted molar refractivity (Wildman–Crippen MR) is 61.0 cm³/mol. The molecule has 1 saturated carbocycles. The molecule has 1 aliphatic rings. The van der Waals surface area contributed by atoms with E-state index in [1.54, 1.807) is 13.8 Å². The third-order valence-electron chi connectivity index (χ3n) is 3.17. The summed E-state index contributed by atoms with van der Waals surface area (Å²) in [4.78, 5) is 22.8. The Labute approximate surface area is 96.4 Å². The summed E-state index contributed by atoms with van der Waals surface area (Å²) in [5.74, 6) is -2.43. The van der Waals surface area contributed by atoms with Crippen molar-refractivity contribution < 1.29 is 14.7 Å². The Morgan fingerprint density at radius 2 is 1.75 bits per heavy atom. The number of aliphatic carboxylic acids is 1. The molecule has 0 aromatic rings. The van der Waals surface area contributed by atoms with Crippen LogP contribution in [0.15, 0.2) is 0 Å². The highest BCUT2D eigenvalue weighted by Gasteiger charge is 2.31. The monoisotopic (exact) mass is 227 g/mol. The molecule has 1 atom stereocenters. The summed E-state index contributed by atoms with van der Waals surface area (Å²) in [6.07, 6.45) is 5.44. The average Bonchev–Trinajstić information content (AvgIpc) is 2.17. The molecule has 0 radical (unpaired) electrons. The first-order chi connectivity index (χ1) is 7.52. The standard InChI is InChI=1S/C12H21NO3/c1-8(2)10(12(15)16)11(14)13-9-6-4-3-5-7-9/h8-10H,3-7H2,1-2H3,(H,13,14)(H,15,16). The van der Waals surface area contributed by atoms with Crippen LogP contribution in [0.2, 0.25) is 0 Å². The first kappa shape index (κ1) is 13.0. The highest BCUT2D eigenvalue weighted by molar-refractivity contribution is 5.97. The lowest BCUT2D eigenvalue weighted by Crippen LogP contribution is -2.44. The number of rotatable bonds is 4. The van der Waals surface area contributed by atoms with E-state index < -0.39 is 11.9 Å². The van der Waals surface area contributed by atoms with E-state index in [2.05, 4.69) is 5.32 Å². The molecule has 0 aromatic heterocycles. The number of nitrogens with one attached hydrogen (secondary N) is 1. The number of carboxylic acid groups (broad SMARTS) is 1. The highest BCUT2D eigenvalue weighted by atomic mass is 16.4. The number of hydrogen-bond acceptors (Lipinski definition) is 2. The summed E-state index contributed by atoms with van der Waals surface area (Å²) < 4.78 is 0. The van der Waals surface area contributed by atoms with E-state index in [1.807, 2.05) is 0 Å². The van der Waals surface area contributed by atoms with Crippen molar-refractivity contribution in [1.29, 1.82) is 0 Å². The Hall–Kier alpha value is -1.06. The van der Waals surface area contributed by atoms with Crippen LogP contribution < -0.4 is 5.32 Å². The van der Waals surface area contributed by atoms with Crippen LogP contribution in [0.5, 0.6) is 0 Å². The Morgan fingerprint density at radius 3 is 2.19 bits per heavy atom. The maximum atomic E-state index is 11.8. The van der Waals surface area contributed by atoms with Crippen molar-refractivity contribution >= 4 is 11.9 Å². The molecular weight excluding hydrogens is 206 g/mol. The summed E-state index contributed by atoms with van der Waals surface area (Å²) in [5, 5.41) is 11.8. The zero-order valence-electron chi connectivity index (χ0n) is 10.0. The second kappa shape index (κ2) is 5.87. The van der Waals surface area contributed by atoms with Gasteiger partial charge in [-0.1, -0.05) is 33.1 Å². The number of amides is 1. The molecule has 4 heteroatoms. The van der Waals surface area contributed by atoms with Crippen molar-refractivity contribution in [3.05, 3.63) is 0 Å². The summed E-state index contributed by atoms with van der Waals surface area (Å²) >= 11 is 0. The van der Waals surface area contributed by atoms with Crippen molar-refractivity contribution in [1.82, 2.24) is 5.32 Å². The first-order valence-corrected chi connectivity index (χ1v) is 6.05. The SMILES string of the molecule is CC(C)C(C(=O)O)C(=O)NC1CCCCC1. The van der Waals surface area contributed by atoms with E-state index in [-0.39, 0.29) is 17.9 Å². The zero-order valence-corrected chi connectivity index (χ0v) is 10.0. The fourth-order valence-electron chi connectivity index (χ4n) is 2.24. The molecule has 2 N–H and O–H groups in total. The van der Waals surface area contributed by atoms with Gasteiger partial charge in [-0.05, 0) is 18.8 Å². The van der Waals surface area contributed by atoms with Crippen molar-refractivity contribution in [2.75, 3.05) is 0 Å². The molecule has 16 heavy (non-hydrogen) atoms. The molecule has 0 heterocycles. The molecule has 92 valence electrons. The van der Waals surface area contributed by atoms with Crippen LogP contribution in [0, 0.1) is 11.8 Å². The summed E-state index contributed by atoms with van der Waals surface area (Å²) in [5.41, 5.74) is 0.